The molecule has 1 N–H and O–H groups in total. The molecule has 10 heteroatoms. The first-order chi connectivity index (χ1) is 11.7. The zero-order valence-electron chi connectivity index (χ0n) is 15.2. The van der Waals surface area contributed by atoms with Gasteiger partial charge in [0.1, 0.15) is 5.69 Å². The van der Waals surface area contributed by atoms with Crippen molar-refractivity contribution in [3.05, 3.63) is 17.5 Å². The number of aryl methyl sites for hydroxylation is 2. The molecule has 1 aromatic rings. The molecule has 1 saturated heterocycles. The number of aromatic nitrogens is 2. The highest BCUT2D eigenvalue weighted by molar-refractivity contribution is 7.86. The van der Waals surface area contributed by atoms with E-state index in [1.54, 1.807) is 17.8 Å². The monoisotopic (exact) mass is 373 g/mol. The Morgan fingerprint density at radius 1 is 1.40 bits per heavy atom. The van der Waals surface area contributed by atoms with Crippen molar-refractivity contribution in [2.24, 2.45) is 7.05 Å². The van der Waals surface area contributed by atoms with E-state index in [2.05, 4.69) is 10.4 Å². The van der Waals surface area contributed by atoms with Crippen LogP contribution in [0.3, 0.4) is 0 Å². The Kier molecular flexibility index (Phi) is 6.55. The molecule has 0 aliphatic carbocycles. The van der Waals surface area contributed by atoms with E-state index in [-0.39, 0.29) is 25.0 Å². The van der Waals surface area contributed by atoms with Crippen molar-refractivity contribution in [3.8, 4) is 0 Å². The fourth-order valence-corrected chi connectivity index (χ4v) is 4.04. The number of nitrogens with one attached hydrogen (secondary N) is 1. The Hall–Kier alpha value is -1.49. The molecule has 1 aromatic heterocycles. The predicted molar refractivity (Wildman–Crippen MR) is 93.4 cm³/mol. The van der Waals surface area contributed by atoms with Crippen molar-refractivity contribution in [1.82, 2.24) is 23.7 Å². The van der Waals surface area contributed by atoms with Crippen LogP contribution in [0.15, 0.2) is 6.07 Å². The second-order valence-corrected chi connectivity index (χ2v) is 8.39. The van der Waals surface area contributed by atoms with Crippen LogP contribution in [0.25, 0.3) is 0 Å². The summed E-state index contributed by atoms with van der Waals surface area (Å²) in [5.74, 6) is -0.308. The van der Waals surface area contributed by atoms with Gasteiger partial charge in [-0.2, -0.15) is 22.1 Å². The molecule has 1 aliphatic rings. The lowest BCUT2D eigenvalue weighted by atomic mass is 10.1. The largest absolute Gasteiger partial charge is 0.381 e. The van der Waals surface area contributed by atoms with Gasteiger partial charge in [0.25, 0.3) is 16.1 Å². The number of hydrogen-bond acceptors (Lipinski definition) is 5. The molecule has 2 rings (SSSR count). The zero-order valence-corrected chi connectivity index (χ0v) is 16.0. The van der Waals surface area contributed by atoms with Gasteiger partial charge in [-0.1, -0.05) is 0 Å². The van der Waals surface area contributed by atoms with Gasteiger partial charge in [0, 0.05) is 59.2 Å². The van der Waals surface area contributed by atoms with Crippen LogP contribution in [0, 0.1) is 6.92 Å². The van der Waals surface area contributed by atoms with Gasteiger partial charge in [-0.25, -0.2) is 0 Å². The van der Waals surface area contributed by atoms with Crippen molar-refractivity contribution in [2.75, 3.05) is 40.4 Å². The Bertz CT molecular complexity index is 675. The first kappa shape index (κ1) is 19.8. The minimum absolute atomic E-state index is 0.116. The van der Waals surface area contributed by atoms with Crippen LogP contribution in [0.1, 0.15) is 29.0 Å². The molecule has 0 atom stereocenters. The van der Waals surface area contributed by atoms with Crippen LogP contribution in [-0.2, 0) is 22.0 Å². The summed E-state index contributed by atoms with van der Waals surface area (Å²) in [7, 11) is 1.22. The average molecular weight is 373 g/mol. The van der Waals surface area contributed by atoms with E-state index in [0.717, 1.165) is 5.69 Å². The van der Waals surface area contributed by atoms with E-state index in [0.29, 0.717) is 31.7 Å². The number of nitrogens with zero attached hydrogens (tertiary/aromatic N) is 4. The summed E-state index contributed by atoms with van der Waals surface area (Å²) in [5, 5.41) is 6.87. The lowest BCUT2D eigenvalue weighted by Gasteiger charge is -2.34. The zero-order chi connectivity index (χ0) is 18.6. The number of carbonyl (C=O) groups excluding carboxylic acids is 1. The average Bonchev–Trinajstić information content (AvgIpc) is 2.91. The fraction of sp³-hybridized carbons (Fsp3) is 0.733. The highest BCUT2D eigenvalue weighted by atomic mass is 32.2. The first-order valence-electron chi connectivity index (χ1n) is 8.29. The maximum Gasteiger partial charge on any atom is 0.281 e. The number of amides is 1. The van der Waals surface area contributed by atoms with Crippen molar-refractivity contribution in [3.63, 3.8) is 0 Å². The summed E-state index contributed by atoms with van der Waals surface area (Å²) in [6.07, 6.45) is 1.31. The molecule has 0 unspecified atom stereocenters. The normalized spacial score (nSPS) is 16.6. The third-order valence-corrected chi connectivity index (χ3v) is 6.32. The number of carbonyl (C=O) groups is 1. The van der Waals surface area contributed by atoms with Crippen molar-refractivity contribution in [2.45, 2.75) is 25.8 Å². The van der Waals surface area contributed by atoms with Crippen LogP contribution < -0.4 is 5.32 Å². The fourth-order valence-electron chi connectivity index (χ4n) is 2.71. The summed E-state index contributed by atoms with van der Waals surface area (Å²) in [6, 6.07) is 1.58. The highest BCUT2D eigenvalue weighted by Crippen LogP contribution is 2.19. The van der Waals surface area contributed by atoms with Crippen LogP contribution in [-0.4, -0.2) is 79.2 Å². The maximum absolute atomic E-state index is 12.6. The van der Waals surface area contributed by atoms with Crippen molar-refractivity contribution < 1.29 is 17.9 Å². The summed E-state index contributed by atoms with van der Waals surface area (Å²) >= 11 is 0. The molecule has 0 radical (unpaired) electrons. The number of ether oxygens (including phenoxy) is 1. The third-order valence-electron chi connectivity index (χ3n) is 4.32. The topological polar surface area (TPSA) is 96.8 Å². The van der Waals surface area contributed by atoms with Gasteiger partial charge < -0.3 is 10.1 Å². The van der Waals surface area contributed by atoms with Crippen LogP contribution >= 0.6 is 0 Å². The standard InChI is InChI=1S/C15H27N5O4S/c1-12-11-14(17-19(12)4)15(21)16-7-8-20(25(22,23)18(2)3)13-5-9-24-10-6-13/h11,13H,5-10H2,1-4H3,(H,16,21). The van der Waals surface area contributed by atoms with Gasteiger partial charge in [-0.05, 0) is 25.8 Å². The molecule has 9 nitrogen and oxygen atoms in total. The molecule has 0 bridgehead atoms. The minimum Gasteiger partial charge on any atom is -0.381 e. The van der Waals surface area contributed by atoms with E-state index in [1.807, 2.05) is 6.92 Å². The second kappa shape index (κ2) is 8.26. The summed E-state index contributed by atoms with van der Waals surface area (Å²) in [6.45, 7) is 3.38. The van der Waals surface area contributed by atoms with Crippen LogP contribution in [0.2, 0.25) is 0 Å². The quantitative estimate of drug-likeness (QED) is 0.711. The molecule has 1 amide bonds. The number of rotatable bonds is 7. The van der Waals surface area contributed by atoms with Gasteiger partial charge >= 0.3 is 0 Å². The van der Waals surface area contributed by atoms with Crippen LogP contribution in [0.5, 0.6) is 0 Å². The van der Waals surface area contributed by atoms with Gasteiger partial charge in [-0.15, -0.1) is 0 Å². The highest BCUT2D eigenvalue weighted by Gasteiger charge is 2.32. The lowest BCUT2D eigenvalue weighted by molar-refractivity contribution is 0.0571. The number of hydrogen-bond donors (Lipinski definition) is 1. The minimum atomic E-state index is -3.56. The van der Waals surface area contributed by atoms with Gasteiger partial charge in [0.15, 0.2) is 0 Å². The molecule has 142 valence electrons. The molecule has 25 heavy (non-hydrogen) atoms. The Balaban J connectivity index is 2.00. The maximum atomic E-state index is 12.6. The molecular weight excluding hydrogens is 346 g/mol. The predicted octanol–water partition coefficient (Wildman–Crippen LogP) is -0.254. The van der Waals surface area contributed by atoms with Crippen molar-refractivity contribution in [1.29, 1.82) is 0 Å². The molecular formula is C15H27N5O4S. The summed E-state index contributed by atoms with van der Waals surface area (Å²) in [4.78, 5) is 12.2. The van der Waals surface area contributed by atoms with E-state index < -0.39 is 10.2 Å². The molecule has 0 spiro atoms. The second-order valence-electron chi connectivity index (χ2n) is 6.29. The summed E-state index contributed by atoms with van der Waals surface area (Å²) in [5.41, 5.74) is 1.21. The first-order valence-corrected chi connectivity index (χ1v) is 9.69. The van der Waals surface area contributed by atoms with E-state index in [9.17, 15) is 13.2 Å². The van der Waals surface area contributed by atoms with Gasteiger partial charge in [0.05, 0.1) is 0 Å². The van der Waals surface area contributed by atoms with E-state index >= 15 is 0 Å². The molecule has 1 fully saturated rings. The smallest absolute Gasteiger partial charge is 0.281 e. The van der Waals surface area contributed by atoms with Crippen LogP contribution in [0.4, 0.5) is 0 Å². The van der Waals surface area contributed by atoms with Gasteiger partial charge in [0.2, 0.25) is 0 Å². The molecule has 0 saturated carbocycles. The molecule has 0 aromatic carbocycles. The van der Waals surface area contributed by atoms with Crippen molar-refractivity contribution >= 4 is 16.1 Å². The molecule has 1 aliphatic heterocycles. The Morgan fingerprint density at radius 2 is 2.04 bits per heavy atom. The van der Waals surface area contributed by atoms with E-state index in [4.69, 9.17) is 4.74 Å². The SMILES string of the molecule is Cc1cc(C(=O)NCCN(C2CCOCC2)S(=O)(=O)N(C)C)nn1C. The summed E-state index contributed by atoms with van der Waals surface area (Å²) < 4.78 is 34.8. The Morgan fingerprint density at radius 3 is 2.56 bits per heavy atom. The Labute approximate surface area is 149 Å². The third kappa shape index (κ3) is 4.78. The molecule has 2 heterocycles. The van der Waals surface area contributed by atoms with E-state index in [1.165, 1.54) is 22.7 Å². The van der Waals surface area contributed by atoms with Gasteiger partial charge in [-0.3, -0.25) is 9.48 Å². The lowest BCUT2D eigenvalue weighted by Crippen LogP contribution is -2.50.